The van der Waals surface area contributed by atoms with E-state index in [0.29, 0.717) is 6.04 Å². The van der Waals surface area contributed by atoms with Crippen LogP contribution in [0.2, 0.25) is 0 Å². The average molecular weight is 358 g/mol. The highest BCUT2D eigenvalue weighted by molar-refractivity contribution is 14.1. The summed E-state index contributed by atoms with van der Waals surface area (Å²) in [5.74, 6) is 0.193. The number of carbonyl (C=O) groups is 1. The number of hydrogen-bond donors (Lipinski definition) is 1. The maximum atomic E-state index is 11.3. The molecule has 1 fully saturated rings. The van der Waals surface area contributed by atoms with Gasteiger partial charge < -0.3 is 10.2 Å². The molecule has 98 valence electrons. The van der Waals surface area contributed by atoms with Gasteiger partial charge >= 0.3 is 0 Å². The Hall–Kier alpha value is -0.780. The third-order valence-electron chi connectivity index (χ3n) is 3.48. The third kappa shape index (κ3) is 3.37. The van der Waals surface area contributed by atoms with Crippen molar-refractivity contribution in [3.8, 4) is 0 Å². The van der Waals surface area contributed by atoms with Gasteiger partial charge in [0.1, 0.15) is 0 Å². The number of halogens is 1. The molecule has 1 amide bonds. The fraction of sp³-hybridized carbons (Fsp3) is 0.500. The van der Waals surface area contributed by atoms with Crippen molar-refractivity contribution in [3.05, 3.63) is 27.3 Å². The zero-order chi connectivity index (χ0) is 13.1. The fourth-order valence-corrected chi connectivity index (χ4v) is 2.77. The zero-order valence-electron chi connectivity index (χ0n) is 10.9. The maximum Gasteiger partial charge on any atom is 0.219 e. The normalized spacial score (nSPS) is 16.7. The first kappa shape index (κ1) is 13.6. The first-order valence-electron chi connectivity index (χ1n) is 6.34. The van der Waals surface area contributed by atoms with E-state index < -0.39 is 0 Å². The van der Waals surface area contributed by atoms with Gasteiger partial charge in [-0.15, -0.1) is 0 Å². The van der Waals surface area contributed by atoms with Crippen molar-refractivity contribution in [3.63, 3.8) is 0 Å². The number of piperidine rings is 1. The number of likely N-dealkylation sites (tertiary alicyclic amines) is 1. The highest BCUT2D eigenvalue weighted by atomic mass is 127. The van der Waals surface area contributed by atoms with Gasteiger partial charge in [0.15, 0.2) is 0 Å². The monoisotopic (exact) mass is 358 g/mol. The molecule has 0 saturated carbocycles. The Bertz CT molecular complexity index is 439. The van der Waals surface area contributed by atoms with E-state index in [9.17, 15) is 4.79 Å². The second-order valence-electron chi connectivity index (χ2n) is 4.89. The van der Waals surface area contributed by atoms with E-state index in [1.807, 2.05) is 4.90 Å². The second-order valence-corrected chi connectivity index (χ2v) is 6.05. The minimum absolute atomic E-state index is 0.193. The molecule has 0 radical (unpaired) electrons. The molecule has 1 heterocycles. The Morgan fingerprint density at radius 3 is 2.61 bits per heavy atom. The highest BCUT2D eigenvalue weighted by Gasteiger charge is 2.20. The van der Waals surface area contributed by atoms with Gasteiger partial charge in [0, 0.05) is 35.3 Å². The topological polar surface area (TPSA) is 32.3 Å². The van der Waals surface area contributed by atoms with Gasteiger partial charge in [0.05, 0.1) is 0 Å². The molecule has 0 bridgehead atoms. The van der Waals surface area contributed by atoms with Crippen molar-refractivity contribution in [1.29, 1.82) is 0 Å². The van der Waals surface area contributed by atoms with Crippen LogP contribution in [0.5, 0.6) is 0 Å². The Morgan fingerprint density at radius 1 is 1.39 bits per heavy atom. The van der Waals surface area contributed by atoms with Crippen molar-refractivity contribution in [1.82, 2.24) is 4.90 Å². The standard InChI is InChI=1S/C14H19IN2O/c1-10-3-4-13(9-14(10)15)16-12-5-7-17(8-6-12)11(2)18/h3-4,9,12,16H,5-8H2,1-2H3. The maximum absolute atomic E-state index is 11.3. The molecule has 1 saturated heterocycles. The molecule has 3 nitrogen and oxygen atoms in total. The number of nitrogens with zero attached hydrogens (tertiary/aromatic N) is 1. The van der Waals surface area contributed by atoms with E-state index in [-0.39, 0.29) is 5.91 Å². The van der Waals surface area contributed by atoms with Crippen LogP contribution in [0.1, 0.15) is 25.3 Å². The van der Waals surface area contributed by atoms with Crippen LogP contribution in [-0.2, 0) is 4.79 Å². The summed E-state index contributed by atoms with van der Waals surface area (Å²) in [5.41, 5.74) is 2.50. The lowest BCUT2D eigenvalue weighted by Crippen LogP contribution is -2.41. The van der Waals surface area contributed by atoms with Crippen LogP contribution < -0.4 is 5.32 Å². The van der Waals surface area contributed by atoms with Gasteiger partial charge in [-0.25, -0.2) is 0 Å². The summed E-state index contributed by atoms with van der Waals surface area (Å²) >= 11 is 2.36. The van der Waals surface area contributed by atoms with Crippen molar-refractivity contribution < 1.29 is 4.79 Å². The number of amides is 1. The number of anilines is 1. The second kappa shape index (κ2) is 5.91. The van der Waals surface area contributed by atoms with Gasteiger partial charge in [0.2, 0.25) is 5.91 Å². The molecule has 0 spiro atoms. The van der Waals surface area contributed by atoms with Crippen molar-refractivity contribution in [2.75, 3.05) is 18.4 Å². The predicted molar refractivity (Wildman–Crippen MR) is 82.8 cm³/mol. The first-order valence-corrected chi connectivity index (χ1v) is 7.42. The molecule has 4 heteroatoms. The molecule has 1 N–H and O–H groups in total. The molecule has 1 aliphatic heterocycles. The number of rotatable bonds is 2. The van der Waals surface area contributed by atoms with Gasteiger partial charge in [-0.05, 0) is 60.1 Å². The molecular weight excluding hydrogens is 339 g/mol. The van der Waals surface area contributed by atoms with Gasteiger partial charge in [-0.1, -0.05) is 6.07 Å². The van der Waals surface area contributed by atoms with Gasteiger partial charge in [0.25, 0.3) is 0 Å². The molecular formula is C14H19IN2O. The summed E-state index contributed by atoms with van der Waals surface area (Å²) in [6.07, 6.45) is 2.06. The van der Waals surface area contributed by atoms with Crippen LogP contribution in [0.3, 0.4) is 0 Å². The Morgan fingerprint density at radius 2 is 2.06 bits per heavy atom. The van der Waals surface area contributed by atoms with E-state index in [4.69, 9.17) is 0 Å². The van der Waals surface area contributed by atoms with Gasteiger partial charge in [-0.3, -0.25) is 4.79 Å². The first-order chi connectivity index (χ1) is 8.56. The third-order valence-corrected chi connectivity index (χ3v) is 4.65. The zero-order valence-corrected chi connectivity index (χ0v) is 13.0. The van der Waals surface area contributed by atoms with E-state index >= 15 is 0 Å². The largest absolute Gasteiger partial charge is 0.382 e. The van der Waals surface area contributed by atoms with Crippen LogP contribution in [0.15, 0.2) is 18.2 Å². The lowest BCUT2D eigenvalue weighted by atomic mass is 10.0. The van der Waals surface area contributed by atoms with Crippen molar-refractivity contribution >= 4 is 34.2 Å². The van der Waals surface area contributed by atoms with E-state index in [1.54, 1.807) is 6.92 Å². The summed E-state index contributed by atoms with van der Waals surface area (Å²) in [4.78, 5) is 13.2. The van der Waals surface area contributed by atoms with Crippen LogP contribution in [-0.4, -0.2) is 29.9 Å². The summed E-state index contributed by atoms with van der Waals surface area (Å²) in [6, 6.07) is 6.95. The number of carbonyl (C=O) groups excluding carboxylic acids is 1. The quantitative estimate of drug-likeness (QED) is 0.825. The number of benzene rings is 1. The van der Waals surface area contributed by atoms with Gasteiger partial charge in [-0.2, -0.15) is 0 Å². The minimum atomic E-state index is 0.193. The Kier molecular flexibility index (Phi) is 4.48. The van der Waals surface area contributed by atoms with Crippen LogP contribution >= 0.6 is 22.6 Å². The summed E-state index contributed by atoms with van der Waals surface area (Å²) in [7, 11) is 0. The van der Waals surface area contributed by atoms with Crippen LogP contribution in [0, 0.1) is 10.5 Å². The average Bonchev–Trinajstić information content (AvgIpc) is 2.34. The molecule has 1 aliphatic rings. The van der Waals surface area contributed by atoms with E-state index in [1.165, 1.54) is 14.8 Å². The summed E-state index contributed by atoms with van der Waals surface area (Å²) < 4.78 is 1.29. The molecule has 0 unspecified atom stereocenters. The molecule has 0 aliphatic carbocycles. The molecule has 0 aromatic heterocycles. The number of hydrogen-bond acceptors (Lipinski definition) is 2. The lowest BCUT2D eigenvalue weighted by molar-refractivity contribution is -0.129. The summed E-state index contributed by atoms with van der Waals surface area (Å²) in [5, 5.41) is 3.57. The molecule has 18 heavy (non-hydrogen) atoms. The van der Waals surface area contributed by atoms with Crippen LogP contribution in [0.25, 0.3) is 0 Å². The predicted octanol–water partition coefficient (Wildman–Crippen LogP) is 3.02. The molecule has 1 aromatic carbocycles. The Balaban J connectivity index is 1.91. The SMILES string of the molecule is CC(=O)N1CCC(Nc2ccc(C)c(I)c2)CC1. The smallest absolute Gasteiger partial charge is 0.219 e. The number of aryl methyl sites for hydroxylation is 1. The van der Waals surface area contributed by atoms with Crippen molar-refractivity contribution in [2.24, 2.45) is 0 Å². The fourth-order valence-electron chi connectivity index (χ4n) is 2.26. The Labute approximate surface area is 122 Å². The van der Waals surface area contributed by atoms with Crippen LogP contribution in [0.4, 0.5) is 5.69 Å². The van der Waals surface area contributed by atoms with E-state index in [2.05, 4.69) is 53.0 Å². The minimum Gasteiger partial charge on any atom is -0.382 e. The molecule has 1 aromatic rings. The molecule has 0 atom stereocenters. The highest BCUT2D eigenvalue weighted by Crippen LogP contribution is 2.20. The molecule has 2 rings (SSSR count). The lowest BCUT2D eigenvalue weighted by Gasteiger charge is -2.32. The van der Waals surface area contributed by atoms with E-state index in [0.717, 1.165) is 25.9 Å². The number of nitrogens with one attached hydrogen (secondary N) is 1. The summed E-state index contributed by atoms with van der Waals surface area (Å²) in [6.45, 7) is 5.51. The van der Waals surface area contributed by atoms with Crippen molar-refractivity contribution in [2.45, 2.75) is 32.7 Å².